The van der Waals surface area contributed by atoms with Gasteiger partial charge in [0.05, 0.1) is 26.4 Å². The number of ether oxygens (including phenoxy) is 4. The van der Waals surface area contributed by atoms with Crippen LogP contribution in [0.3, 0.4) is 0 Å². The highest BCUT2D eigenvalue weighted by Crippen LogP contribution is 2.45. The zero-order chi connectivity index (χ0) is 71.6. The Labute approximate surface area is 594 Å². The van der Waals surface area contributed by atoms with Crippen molar-refractivity contribution in [3.05, 3.63) is 0 Å². The number of carbonyl (C=O) groups is 4. The monoisotopic (exact) mass is 1420 g/mol. The van der Waals surface area contributed by atoms with Crippen LogP contribution in [0, 0.1) is 17.8 Å². The molecule has 0 aliphatic heterocycles. The van der Waals surface area contributed by atoms with Gasteiger partial charge in [-0.15, -0.1) is 0 Å². The minimum atomic E-state index is -4.96. The van der Waals surface area contributed by atoms with Gasteiger partial charge in [0.25, 0.3) is 0 Å². The molecule has 3 N–H and O–H groups in total. The van der Waals surface area contributed by atoms with Gasteiger partial charge in [0.15, 0.2) is 12.2 Å². The minimum absolute atomic E-state index is 0.104. The summed E-state index contributed by atoms with van der Waals surface area (Å²) in [7, 11) is -9.92. The number of rotatable bonds is 76. The van der Waals surface area contributed by atoms with E-state index in [0.29, 0.717) is 31.6 Å². The molecule has 0 aromatic carbocycles. The number of unbranched alkanes of at least 4 members (excludes halogenated alkanes) is 43. The second-order valence-corrected chi connectivity index (χ2v) is 32.2. The molecule has 576 valence electrons. The van der Waals surface area contributed by atoms with Crippen LogP contribution in [0.4, 0.5) is 0 Å². The first-order valence-electron chi connectivity index (χ1n) is 40.4. The Kier molecular flexibility index (Phi) is 67.1. The lowest BCUT2D eigenvalue weighted by atomic mass is 9.99. The summed E-state index contributed by atoms with van der Waals surface area (Å²) in [6.07, 6.45) is 55.6. The summed E-state index contributed by atoms with van der Waals surface area (Å²) in [5, 5.41) is 10.6. The summed E-state index contributed by atoms with van der Waals surface area (Å²) in [5.41, 5.74) is 0. The van der Waals surface area contributed by atoms with Gasteiger partial charge in [0, 0.05) is 25.7 Å². The fourth-order valence-corrected chi connectivity index (χ4v) is 13.5. The lowest BCUT2D eigenvalue weighted by molar-refractivity contribution is -0.161. The summed E-state index contributed by atoms with van der Waals surface area (Å²) in [5.74, 6) is 0.138. The molecule has 0 saturated carbocycles. The second-order valence-electron chi connectivity index (χ2n) is 29.3. The molecule has 6 atom stereocenters. The lowest BCUT2D eigenvalue weighted by Gasteiger charge is -2.21. The summed E-state index contributed by atoms with van der Waals surface area (Å²) >= 11 is 0. The van der Waals surface area contributed by atoms with Crippen LogP contribution in [0.1, 0.15) is 402 Å². The quantitative estimate of drug-likeness (QED) is 0.0222. The molecule has 0 radical (unpaired) electrons. The standard InChI is InChI=1S/C78H152O17P2/c1-8-10-11-12-13-14-15-16-17-18-19-20-21-22-23-28-31-39-47-54-61-77(82)94-73(65-88-75(80)59-52-45-38-30-27-25-24-26-29-35-42-49-56-69(3)4)67-92-96(84,85)90-63-72(79)64-91-97(86,87)93-68-74(66-89-76(81)60-53-46-41-34-36-43-50-57-70(5)6)95-78(83)62-55-48-40-33-32-37-44-51-58-71(7)9-2/h69-74,79H,8-68H2,1-7H3,(H,84,85)(H,86,87)/t71?,72-,73-,74-/m1/s1. The first-order chi connectivity index (χ1) is 46.8. The molecule has 0 aliphatic rings. The van der Waals surface area contributed by atoms with Crippen molar-refractivity contribution in [1.29, 1.82) is 0 Å². The van der Waals surface area contributed by atoms with Crippen molar-refractivity contribution in [1.82, 2.24) is 0 Å². The Morgan fingerprint density at radius 2 is 0.526 bits per heavy atom. The van der Waals surface area contributed by atoms with E-state index in [-0.39, 0.29) is 25.7 Å². The van der Waals surface area contributed by atoms with Gasteiger partial charge in [-0.1, -0.05) is 350 Å². The highest BCUT2D eigenvalue weighted by Gasteiger charge is 2.30. The van der Waals surface area contributed by atoms with E-state index in [1.807, 2.05) is 0 Å². The normalized spacial score (nSPS) is 14.3. The van der Waals surface area contributed by atoms with Crippen LogP contribution in [-0.4, -0.2) is 96.7 Å². The van der Waals surface area contributed by atoms with Crippen molar-refractivity contribution in [2.45, 2.75) is 420 Å². The maximum absolute atomic E-state index is 13.1. The third-order valence-electron chi connectivity index (χ3n) is 18.5. The van der Waals surface area contributed by atoms with Crippen LogP contribution in [0.2, 0.25) is 0 Å². The Hall–Kier alpha value is -1.94. The number of hydrogen-bond donors (Lipinski definition) is 3. The Morgan fingerprint density at radius 1 is 0.299 bits per heavy atom. The van der Waals surface area contributed by atoms with Crippen LogP contribution < -0.4 is 0 Å². The first-order valence-corrected chi connectivity index (χ1v) is 43.4. The zero-order valence-corrected chi connectivity index (χ0v) is 65.3. The zero-order valence-electron chi connectivity index (χ0n) is 63.5. The number of esters is 4. The van der Waals surface area contributed by atoms with E-state index in [0.717, 1.165) is 108 Å². The van der Waals surface area contributed by atoms with Crippen LogP contribution in [-0.2, 0) is 65.4 Å². The summed E-state index contributed by atoms with van der Waals surface area (Å²) in [4.78, 5) is 72.9. The van der Waals surface area contributed by atoms with Gasteiger partial charge < -0.3 is 33.8 Å². The molecule has 97 heavy (non-hydrogen) atoms. The van der Waals surface area contributed by atoms with Gasteiger partial charge in [-0.25, -0.2) is 9.13 Å². The molecule has 3 unspecified atom stereocenters. The fraction of sp³-hybridized carbons (Fsp3) is 0.949. The third kappa shape index (κ3) is 70.9. The molecule has 0 amide bonds. The molecule has 0 aromatic rings. The van der Waals surface area contributed by atoms with Crippen LogP contribution in [0.15, 0.2) is 0 Å². The van der Waals surface area contributed by atoms with E-state index in [9.17, 15) is 43.2 Å². The van der Waals surface area contributed by atoms with Gasteiger partial charge >= 0.3 is 39.5 Å². The van der Waals surface area contributed by atoms with Gasteiger partial charge in [0.1, 0.15) is 19.3 Å². The third-order valence-corrected chi connectivity index (χ3v) is 20.4. The minimum Gasteiger partial charge on any atom is -0.462 e. The molecule has 19 heteroatoms. The van der Waals surface area contributed by atoms with Crippen molar-refractivity contribution in [3.63, 3.8) is 0 Å². The molecule has 0 bridgehead atoms. The number of aliphatic hydroxyl groups excluding tert-OH is 1. The van der Waals surface area contributed by atoms with Gasteiger partial charge in [-0.3, -0.25) is 37.3 Å². The van der Waals surface area contributed by atoms with E-state index in [4.69, 9.17) is 37.0 Å². The number of aliphatic hydroxyl groups is 1. The molecular weight excluding hydrogens is 1270 g/mol. The summed E-state index contributed by atoms with van der Waals surface area (Å²) in [6, 6.07) is 0. The maximum Gasteiger partial charge on any atom is 0.472 e. The number of phosphoric acid groups is 2. The van der Waals surface area contributed by atoms with E-state index in [1.54, 1.807) is 0 Å². The second kappa shape index (κ2) is 68.5. The van der Waals surface area contributed by atoms with Gasteiger partial charge in [-0.2, -0.15) is 0 Å². The summed E-state index contributed by atoms with van der Waals surface area (Å²) in [6.45, 7) is 11.9. The highest BCUT2D eigenvalue weighted by molar-refractivity contribution is 7.47. The van der Waals surface area contributed by atoms with Crippen LogP contribution in [0.25, 0.3) is 0 Å². The van der Waals surface area contributed by atoms with Crippen LogP contribution in [0.5, 0.6) is 0 Å². The van der Waals surface area contributed by atoms with Gasteiger partial charge in [0.2, 0.25) is 0 Å². The van der Waals surface area contributed by atoms with Crippen molar-refractivity contribution >= 4 is 39.5 Å². The SMILES string of the molecule is CCCCCCCCCCCCCCCCCCCCCCC(=O)O[C@H](COC(=O)CCCCCCCCCCCCCCC(C)C)COP(=O)(O)OC[C@@H](O)COP(=O)(O)OC[C@@H](COC(=O)CCCCCCCCCC(C)C)OC(=O)CCCCCCCCCCC(C)CC. The maximum atomic E-state index is 13.1. The summed E-state index contributed by atoms with van der Waals surface area (Å²) < 4.78 is 68.6. The molecule has 0 rings (SSSR count). The van der Waals surface area contributed by atoms with E-state index in [2.05, 4.69) is 48.5 Å². The first kappa shape index (κ1) is 95.1. The Bertz CT molecular complexity index is 1890. The molecule has 0 fully saturated rings. The molecule has 17 nitrogen and oxygen atoms in total. The predicted molar refractivity (Wildman–Crippen MR) is 395 cm³/mol. The molecule has 0 saturated heterocycles. The molecule has 0 aromatic heterocycles. The number of hydrogen-bond acceptors (Lipinski definition) is 15. The Morgan fingerprint density at radius 3 is 0.784 bits per heavy atom. The molecule has 0 heterocycles. The largest absolute Gasteiger partial charge is 0.472 e. The topological polar surface area (TPSA) is 237 Å². The average Bonchev–Trinajstić information content (AvgIpc) is 1.13. The molecule has 0 aliphatic carbocycles. The predicted octanol–water partition coefficient (Wildman–Crippen LogP) is 23.0. The van der Waals surface area contributed by atoms with Crippen molar-refractivity contribution in [3.8, 4) is 0 Å². The smallest absolute Gasteiger partial charge is 0.462 e. The van der Waals surface area contributed by atoms with E-state index >= 15 is 0 Å². The van der Waals surface area contributed by atoms with E-state index < -0.39 is 97.5 Å². The number of phosphoric ester groups is 2. The van der Waals surface area contributed by atoms with Crippen molar-refractivity contribution < 1.29 is 80.2 Å². The Balaban J connectivity index is 5.23. The van der Waals surface area contributed by atoms with Gasteiger partial charge in [-0.05, 0) is 43.4 Å². The van der Waals surface area contributed by atoms with Crippen molar-refractivity contribution in [2.24, 2.45) is 17.8 Å². The highest BCUT2D eigenvalue weighted by atomic mass is 31.2. The lowest BCUT2D eigenvalue weighted by Crippen LogP contribution is -2.30. The fourth-order valence-electron chi connectivity index (χ4n) is 11.9. The van der Waals surface area contributed by atoms with Crippen molar-refractivity contribution in [2.75, 3.05) is 39.6 Å². The van der Waals surface area contributed by atoms with E-state index in [1.165, 1.54) is 205 Å². The molecule has 0 spiro atoms. The molecular formula is C78H152O17P2. The van der Waals surface area contributed by atoms with Crippen LogP contribution >= 0.6 is 15.6 Å². The number of carbonyl (C=O) groups excluding carboxylic acids is 4. The average molecular weight is 1420 g/mol.